The summed E-state index contributed by atoms with van der Waals surface area (Å²) in [4.78, 5) is 13.2. The maximum atomic E-state index is 11.3. The number of anilines is 1. The summed E-state index contributed by atoms with van der Waals surface area (Å²) in [5.41, 5.74) is 6.57. The lowest BCUT2D eigenvalue weighted by atomic mass is 10.1. The summed E-state index contributed by atoms with van der Waals surface area (Å²) in [6, 6.07) is 7.51. The molecule has 2 N–H and O–H groups in total. The summed E-state index contributed by atoms with van der Waals surface area (Å²) in [7, 11) is 0. The van der Waals surface area contributed by atoms with Crippen molar-refractivity contribution in [2.24, 2.45) is 5.73 Å². The standard InChI is InChI=1S/C14H16ClN3O/c15-11-6-5-10(8-16)13(7-11)18(9-14(17)19)12-3-1-2-4-12/h5-7,12H,1-4,9H2,(H2,17,19). The SMILES string of the molecule is N#Cc1ccc(Cl)cc1N(CC(N)=O)C1CCCC1. The van der Waals surface area contributed by atoms with Crippen molar-refractivity contribution in [2.75, 3.05) is 11.4 Å². The van der Waals surface area contributed by atoms with Crippen molar-refractivity contribution in [1.29, 1.82) is 5.26 Å². The van der Waals surface area contributed by atoms with Gasteiger partial charge in [-0.05, 0) is 31.0 Å². The normalized spacial score (nSPS) is 15.2. The monoisotopic (exact) mass is 277 g/mol. The molecule has 0 spiro atoms. The molecule has 0 atom stereocenters. The van der Waals surface area contributed by atoms with Crippen LogP contribution in [-0.2, 0) is 4.79 Å². The van der Waals surface area contributed by atoms with Crippen molar-refractivity contribution in [2.45, 2.75) is 31.7 Å². The van der Waals surface area contributed by atoms with Gasteiger partial charge in [-0.3, -0.25) is 4.79 Å². The Hall–Kier alpha value is -1.73. The Labute approximate surface area is 117 Å². The van der Waals surface area contributed by atoms with Gasteiger partial charge in [-0.2, -0.15) is 5.26 Å². The third kappa shape index (κ3) is 3.18. The van der Waals surface area contributed by atoms with Crippen molar-refractivity contribution < 1.29 is 4.79 Å². The Balaban J connectivity index is 2.39. The zero-order valence-corrected chi connectivity index (χ0v) is 11.4. The van der Waals surface area contributed by atoms with E-state index in [9.17, 15) is 10.1 Å². The summed E-state index contributed by atoms with van der Waals surface area (Å²) in [5.74, 6) is -0.393. The molecule has 100 valence electrons. The van der Waals surface area contributed by atoms with Gasteiger partial charge >= 0.3 is 0 Å². The Kier molecular flexibility index (Phi) is 4.28. The van der Waals surface area contributed by atoms with Crippen molar-refractivity contribution in [3.05, 3.63) is 28.8 Å². The van der Waals surface area contributed by atoms with Gasteiger partial charge in [0.05, 0.1) is 17.8 Å². The number of rotatable bonds is 4. The number of carbonyl (C=O) groups is 1. The first-order valence-electron chi connectivity index (χ1n) is 6.36. The number of carbonyl (C=O) groups excluding carboxylic acids is 1. The molecule has 0 heterocycles. The van der Waals surface area contributed by atoms with Crippen molar-refractivity contribution >= 4 is 23.2 Å². The minimum absolute atomic E-state index is 0.125. The molecule has 4 nitrogen and oxygen atoms in total. The zero-order chi connectivity index (χ0) is 13.8. The highest BCUT2D eigenvalue weighted by molar-refractivity contribution is 6.30. The van der Waals surface area contributed by atoms with Crippen LogP contribution in [0, 0.1) is 11.3 Å². The van der Waals surface area contributed by atoms with E-state index < -0.39 is 5.91 Å². The molecule has 0 aromatic heterocycles. The molecule has 1 aliphatic carbocycles. The topological polar surface area (TPSA) is 70.1 Å². The number of hydrogen-bond acceptors (Lipinski definition) is 3. The molecule has 1 amide bonds. The second kappa shape index (κ2) is 5.94. The van der Waals surface area contributed by atoms with Gasteiger partial charge in [-0.25, -0.2) is 0 Å². The van der Waals surface area contributed by atoms with Crippen LogP contribution in [0.3, 0.4) is 0 Å². The quantitative estimate of drug-likeness (QED) is 0.919. The molecule has 0 radical (unpaired) electrons. The second-order valence-electron chi connectivity index (χ2n) is 4.81. The molecule has 5 heteroatoms. The summed E-state index contributed by atoms with van der Waals surface area (Å²) >= 11 is 6.01. The molecule has 1 aromatic carbocycles. The maximum absolute atomic E-state index is 11.3. The van der Waals surface area contributed by atoms with Gasteiger partial charge in [-0.15, -0.1) is 0 Å². The van der Waals surface area contributed by atoms with Gasteiger partial charge in [0.25, 0.3) is 0 Å². The highest BCUT2D eigenvalue weighted by atomic mass is 35.5. The number of nitrogens with zero attached hydrogens (tertiary/aromatic N) is 2. The molecule has 0 aliphatic heterocycles. The molecular weight excluding hydrogens is 262 g/mol. The van der Waals surface area contributed by atoms with E-state index in [-0.39, 0.29) is 12.6 Å². The van der Waals surface area contributed by atoms with Crippen LogP contribution in [0.25, 0.3) is 0 Å². The maximum Gasteiger partial charge on any atom is 0.236 e. The fourth-order valence-corrected chi connectivity index (χ4v) is 2.80. The van der Waals surface area contributed by atoms with Crippen LogP contribution in [0.15, 0.2) is 18.2 Å². The lowest BCUT2D eigenvalue weighted by Crippen LogP contribution is -2.40. The van der Waals surface area contributed by atoms with Crippen LogP contribution in [0.1, 0.15) is 31.2 Å². The van der Waals surface area contributed by atoms with Crippen LogP contribution < -0.4 is 10.6 Å². The molecule has 0 unspecified atom stereocenters. The minimum Gasteiger partial charge on any atom is -0.368 e. The number of nitriles is 1. The van der Waals surface area contributed by atoms with Gasteiger partial charge in [0, 0.05) is 11.1 Å². The first kappa shape index (κ1) is 13.7. The Morgan fingerprint density at radius 2 is 2.16 bits per heavy atom. The number of hydrogen-bond donors (Lipinski definition) is 1. The lowest BCUT2D eigenvalue weighted by molar-refractivity contribution is -0.116. The highest BCUT2D eigenvalue weighted by Crippen LogP contribution is 2.31. The van der Waals surface area contributed by atoms with Crippen LogP contribution >= 0.6 is 11.6 Å². The minimum atomic E-state index is -0.393. The first-order valence-corrected chi connectivity index (χ1v) is 6.74. The van der Waals surface area contributed by atoms with Gasteiger partial charge in [0.15, 0.2) is 0 Å². The molecule has 1 saturated carbocycles. The second-order valence-corrected chi connectivity index (χ2v) is 5.24. The Morgan fingerprint density at radius 1 is 1.47 bits per heavy atom. The van der Waals surface area contributed by atoms with Crippen LogP contribution in [0.2, 0.25) is 5.02 Å². The van der Waals surface area contributed by atoms with Gasteiger partial charge in [0.2, 0.25) is 5.91 Å². The number of benzene rings is 1. The van der Waals surface area contributed by atoms with Gasteiger partial charge in [0.1, 0.15) is 6.07 Å². The van der Waals surface area contributed by atoms with Crippen LogP contribution in [0.5, 0.6) is 0 Å². The van der Waals surface area contributed by atoms with Crippen LogP contribution in [-0.4, -0.2) is 18.5 Å². The highest BCUT2D eigenvalue weighted by Gasteiger charge is 2.25. The predicted molar refractivity (Wildman–Crippen MR) is 75.0 cm³/mol. The first-order chi connectivity index (χ1) is 9.11. The molecule has 19 heavy (non-hydrogen) atoms. The fourth-order valence-electron chi connectivity index (χ4n) is 2.63. The molecule has 0 bridgehead atoms. The van der Waals surface area contributed by atoms with E-state index >= 15 is 0 Å². The Morgan fingerprint density at radius 3 is 2.74 bits per heavy atom. The summed E-state index contributed by atoms with van der Waals surface area (Å²) in [6.07, 6.45) is 4.32. The Bertz CT molecular complexity index is 518. The number of halogens is 1. The molecule has 2 rings (SSSR count). The average Bonchev–Trinajstić information content (AvgIpc) is 2.89. The van der Waals surface area contributed by atoms with Crippen molar-refractivity contribution in [1.82, 2.24) is 0 Å². The number of primary amides is 1. The zero-order valence-electron chi connectivity index (χ0n) is 10.6. The van der Waals surface area contributed by atoms with E-state index in [1.165, 1.54) is 0 Å². The third-order valence-electron chi connectivity index (χ3n) is 3.48. The lowest BCUT2D eigenvalue weighted by Gasteiger charge is -2.30. The van der Waals surface area contributed by atoms with E-state index in [0.717, 1.165) is 25.7 Å². The van der Waals surface area contributed by atoms with Gasteiger partial charge < -0.3 is 10.6 Å². The van der Waals surface area contributed by atoms with Crippen LogP contribution in [0.4, 0.5) is 5.69 Å². The van der Waals surface area contributed by atoms with E-state index in [2.05, 4.69) is 6.07 Å². The van der Waals surface area contributed by atoms with E-state index in [1.807, 2.05) is 4.90 Å². The molecule has 1 aromatic rings. The molecular formula is C14H16ClN3O. The fraction of sp³-hybridized carbons (Fsp3) is 0.429. The van der Waals surface area contributed by atoms with Crippen molar-refractivity contribution in [3.63, 3.8) is 0 Å². The largest absolute Gasteiger partial charge is 0.368 e. The molecule has 1 fully saturated rings. The summed E-state index contributed by atoms with van der Waals surface area (Å²) < 4.78 is 0. The number of amides is 1. The van der Waals surface area contributed by atoms with Gasteiger partial charge in [-0.1, -0.05) is 24.4 Å². The smallest absolute Gasteiger partial charge is 0.236 e. The van der Waals surface area contributed by atoms with E-state index in [1.54, 1.807) is 18.2 Å². The predicted octanol–water partition coefficient (Wildman–Crippen LogP) is 2.45. The summed E-state index contributed by atoms with van der Waals surface area (Å²) in [5, 5.41) is 9.76. The third-order valence-corrected chi connectivity index (χ3v) is 3.72. The molecule has 1 aliphatic rings. The summed E-state index contributed by atoms with van der Waals surface area (Å²) in [6.45, 7) is 0.125. The number of nitrogens with two attached hydrogens (primary N) is 1. The molecule has 0 saturated heterocycles. The van der Waals surface area contributed by atoms with E-state index in [0.29, 0.717) is 16.3 Å². The van der Waals surface area contributed by atoms with E-state index in [4.69, 9.17) is 17.3 Å². The van der Waals surface area contributed by atoms with Crippen molar-refractivity contribution in [3.8, 4) is 6.07 Å². The average molecular weight is 278 g/mol.